The van der Waals surface area contributed by atoms with Crippen molar-refractivity contribution in [3.05, 3.63) is 16.3 Å². The van der Waals surface area contributed by atoms with Gasteiger partial charge >= 0.3 is 6.18 Å². The van der Waals surface area contributed by atoms with Crippen LogP contribution in [0.1, 0.15) is 29.1 Å². The molecule has 7 heteroatoms. The summed E-state index contributed by atoms with van der Waals surface area (Å²) in [6, 6.07) is 0. The first kappa shape index (κ1) is 12.7. The molecule has 2 aromatic heterocycles. The molecule has 2 heterocycles. The molecule has 2 N–H and O–H groups in total. The summed E-state index contributed by atoms with van der Waals surface area (Å²) in [4.78, 5) is 10.2. The average Bonchev–Trinajstić information content (AvgIpc) is 2.84. The highest BCUT2D eigenvalue weighted by Gasteiger charge is 2.28. The Morgan fingerprint density at radius 2 is 2.00 bits per heavy atom. The van der Waals surface area contributed by atoms with Crippen molar-refractivity contribution in [2.75, 3.05) is 5.73 Å². The van der Waals surface area contributed by atoms with Crippen molar-refractivity contribution in [1.82, 2.24) is 9.97 Å². The van der Waals surface area contributed by atoms with E-state index in [9.17, 15) is 13.2 Å². The first-order valence-corrected chi connectivity index (χ1v) is 6.89. The Balaban J connectivity index is 1.97. The first-order valence-electron chi connectivity index (χ1n) is 6.07. The summed E-state index contributed by atoms with van der Waals surface area (Å²) in [6.07, 6.45) is -2.25. The molecule has 0 unspecified atom stereocenters. The molecule has 1 aliphatic rings. The molecule has 1 aliphatic carbocycles. The second-order valence-electron chi connectivity index (χ2n) is 4.68. The number of rotatable bonds is 2. The number of fused-ring (bicyclic) bond motifs is 3. The zero-order chi connectivity index (χ0) is 13.6. The molecule has 102 valence electrons. The highest BCUT2D eigenvalue weighted by molar-refractivity contribution is 7.19. The SMILES string of the molecule is Nc1nc(CCC(F)(F)F)nc2sc3c(c12)CCC3. The van der Waals surface area contributed by atoms with Crippen molar-refractivity contribution in [2.24, 2.45) is 0 Å². The van der Waals surface area contributed by atoms with Gasteiger partial charge < -0.3 is 5.73 Å². The Morgan fingerprint density at radius 3 is 2.74 bits per heavy atom. The topological polar surface area (TPSA) is 51.8 Å². The van der Waals surface area contributed by atoms with E-state index in [-0.39, 0.29) is 12.2 Å². The maximum atomic E-state index is 12.2. The van der Waals surface area contributed by atoms with Crippen molar-refractivity contribution in [3.63, 3.8) is 0 Å². The number of aryl methyl sites for hydroxylation is 3. The molecule has 0 amide bonds. The van der Waals surface area contributed by atoms with Crippen LogP contribution in [-0.4, -0.2) is 16.1 Å². The van der Waals surface area contributed by atoms with Crippen LogP contribution in [0.5, 0.6) is 0 Å². The fourth-order valence-electron chi connectivity index (χ4n) is 2.44. The van der Waals surface area contributed by atoms with Crippen LogP contribution in [0.25, 0.3) is 10.2 Å². The minimum absolute atomic E-state index is 0.183. The molecule has 0 fully saturated rings. The number of aromatic nitrogens is 2. The monoisotopic (exact) mass is 287 g/mol. The van der Waals surface area contributed by atoms with Gasteiger partial charge in [0.05, 0.1) is 11.8 Å². The van der Waals surface area contributed by atoms with Gasteiger partial charge in [-0.05, 0) is 24.8 Å². The van der Waals surface area contributed by atoms with E-state index in [2.05, 4.69) is 9.97 Å². The third-order valence-corrected chi connectivity index (χ3v) is 4.46. The second-order valence-corrected chi connectivity index (χ2v) is 5.76. The van der Waals surface area contributed by atoms with Gasteiger partial charge in [0.15, 0.2) is 0 Å². The number of hydrogen-bond donors (Lipinski definition) is 1. The third-order valence-electron chi connectivity index (χ3n) is 3.27. The predicted octanol–water partition coefficient (Wildman–Crippen LogP) is 3.26. The zero-order valence-electron chi connectivity index (χ0n) is 10.0. The van der Waals surface area contributed by atoms with Crippen LogP contribution < -0.4 is 5.73 Å². The van der Waals surface area contributed by atoms with Crippen molar-refractivity contribution in [3.8, 4) is 0 Å². The summed E-state index contributed by atoms with van der Waals surface area (Å²) < 4.78 is 36.6. The summed E-state index contributed by atoms with van der Waals surface area (Å²) in [5.74, 6) is 0.504. The molecule has 0 saturated carbocycles. The highest BCUT2D eigenvalue weighted by atomic mass is 32.1. The minimum atomic E-state index is -4.19. The van der Waals surface area contributed by atoms with Crippen molar-refractivity contribution in [2.45, 2.75) is 38.3 Å². The number of nitrogen functional groups attached to an aromatic ring is 1. The fraction of sp³-hybridized carbons (Fsp3) is 0.500. The fourth-order valence-corrected chi connectivity index (χ4v) is 3.72. The van der Waals surface area contributed by atoms with E-state index in [4.69, 9.17) is 5.73 Å². The average molecular weight is 287 g/mol. The van der Waals surface area contributed by atoms with E-state index in [1.54, 1.807) is 0 Å². The van der Waals surface area contributed by atoms with Gasteiger partial charge in [0.2, 0.25) is 0 Å². The van der Waals surface area contributed by atoms with Crippen LogP contribution in [0.3, 0.4) is 0 Å². The van der Waals surface area contributed by atoms with Crippen LogP contribution in [0.2, 0.25) is 0 Å². The summed E-state index contributed by atoms with van der Waals surface area (Å²) >= 11 is 1.54. The Morgan fingerprint density at radius 1 is 1.21 bits per heavy atom. The summed E-state index contributed by atoms with van der Waals surface area (Å²) in [7, 11) is 0. The van der Waals surface area contributed by atoms with Crippen LogP contribution in [0, 0.1) is 0 Å². The van der Waals surface area contributed by atoms with Crippen LogP contribution in [0.4, 0.5) is 19.0 Å². The molecule has 0 spiro atoms. The van der Waals surface area contributed by atoms with E-state index >= 15 is 0 Å². The maximum absolute atomic E-state index is 12.2. The van der Waals surface area contributed by atoms with Gasteiger partial charge in [0.25, 0.3) is 0 Å². The lowest BCUT2D eigenvalue weighted by molar-refractivity contribution is -0.134. The van der Waals surface area contributed by atoms with Gasteiger partial charge in [-0.3, -0.25) is 0 Å². The number of halogens is 3. The molecular formula is C12H12F3N3S. The molecule has 0 saturated heterocycles. The maximum Gasteiger partial charge on any atom is 0.389 e. The van der Waals surface area contributed by atoms with Gasteiger partial charge in [0, 0.05) is 11.3 Å². The number of nitrogens with zero attached hydrogens (tertiary/aromatic N) is 2. The number of hydrogen-bond acceptors (Lipinski definition) is 4. The molecule has 0 bridgehead atoms. The van der Waals surface area contributed by atoms with Crippen LogP contribution in [0.15, 0.2) is 0 Å². The van der Waals surface area contributed by atoms with Crippen LogP contribution >= 0.6 is 11.3 Å². The third kappa shape index (κ3) is 2.39. The lowest BCUT2D eigenvalue weighted by Crippen LogP contribution is -2.10. The Hall–Kier alpha value is -1.37. The van der Waals surface area contributed by atoms with Gasteiger partial charge in [-0.25, -0.2) is 9.97 Å². The quantitative estimate of drug-likeness (QED) is 0.922. The molecule has 19 heavy (non-hydrogen) atoms. The Kier molecular flexibility index (Phi) is 2.88. The Labute approximate surface area is 111 Å². The molecule has 2 aromatic rings. The standard InChI is InChI=1S/C12H12F3N3S/c13-12(14,15)5-4-8-17-10(16)9-6-2-1-3-7(6)19-11(9)18-8/h1-5H2,(H2,16,17,18). The molecule has 0 atom stereocenters. The normalized spacial score (nSPS) is 15.1. The minimum Gasteiger partial charge on any atom is -0.383 e. The van der Waals surface area contributed by atoms with Crippen molar-refractivity contribution >= 4 is 27.4 Å². The lowest BCUT2D eigenvalue weighted by Gasteiger charge is -2.06. The number of alkyl halides is 3. The van der Waals surface area contributed by atoms with E-state index in [1.807, 2.05) is 0 Å². The molecule has 0 aliphatic heterocycles. The van der Waals surface area contributed by atoms with Gasteiger partial charge in [0.1, 0.15) is 16.5 Å². The van der Waals surface area contributed by atoms with Gasteiger partial charge in [-0.15, -0.1) is 11.3 Å². The summed E-state index contributed by atoms with van der Waals surface area (Å²) in [5, 5.41) is 0.855. The van der Waals surface area contributed by atoms with E-state index < -0.39 is 12.6 Å². The van der Waals surface area contributed by atoms with E-state index in [0.717, 1.165) is 29.5 Å². The van der Waals surface area contributed by atoms with Crippen molar-refractivity contribution < 1.29 is 13.2 Å². The summed E-state index contributed by atoms with van der Waals surface area (Å²) in [5.41, 5.74) is 7.08. The predicted molar refractivity (Wildman–Crippen MR) is 68.2 cm³/mol. The van der Waals surface area contributed by atoms with Gasteiger partial charge in [-0.2, -0.15) is 13.2 Å². The Bertz CT molecular complexity index is 633. The van der Waals surface area contributed by atoms with Gasteiger partial charge in [-0.1, -0.05) is 0 Å². The number of thiophene rings is 1. The molecule has 0 aromatic carbocycles. The van der Waals surface area contributed by atoms with E-state index in [0.29, 0.717) is 5.82 Å². The summed E-state index contributed by atoms with van der Waals surface area (Å²) in [6.45, 7) is 0. The number of anilines is 1. The smallest absolute Gasteiger partial charge is 0.383 e. The molecule has 0 radical (unpaired) electrons. The van der Waals surface area contributed by atoms with E-state index in [1.165, 1.54) is 21.8 Å². The van der Waals surface area contributed by atoms with Crippen LogP contribution in [-0.2, 0) is 19.3 Å². The largest absolute Gasteiger partial charge is 0.389 e. The first-order chi connectivity index (χ1) is 8.94. The molecule has 3 rings (SSSR count). The molecular weight excluding hydrogens is 275 g/mol. The highest BCUT2D eigenvalue weighted by Crippen LogP contribution is 2.38. The zero-order valence-corrected chi connectivity index (χ0v) is 10.9. The second kappa shape index (κ2) is 4.33. The number of nitrogens with two attached hydrogens (primary N) is 1. The lowest BCUT2D eigenvalue weighted by atomic mass is 10.2. The van der Waals surface area contributed by atoms with Crippen molar-refractivity contribution in [1.29, 1.82) is 0 Å². The molecule has 3 nitrogen and oxygen atoms in total.